The predicted octanol–water partition coefficient (Wildman–Crippen LogP) is 5.22. The molecule has 7 heteroatoms. The maximum absolute atomic E-state index is 13.5. The second-order valence-corrected chi connectivity index (χ2v) is 8.16. The van der Waals surface area contributed by atoms with Gasteiger partial charge in [-0.15, -0.1) is 0 Å². The van der Waals surface area contributed by atoms with Gasteiger partial charge in [-0.25, -0.2) is 0 Å². The Balaban J connectivity index is 1.49. The summed E-state index contributed by atoms with van der Waals surface area (Å²) in [4.78, 5) is 15.7. The van der Waals surface area contributed by atoms with E-state index in [0.717, 1.165) is 48.2 Å². The minimum absolute atomic E-state index is 0.119. The standard InChI is InChI=1S/C25H21F3N2O2/c26-25(27,28)19-8-6-18(7-9-19)13-30-23-16-32-15-22(23)20-10-11-29(14-21(20)24(30)31)12-17-4-2-1-3-5-17/h1-9,15-16H,10-14H2. The van der Waals surface area contributed by atoms with Gasteiger partial charge in [0.25, 0.3) is 5.56 Å². The van der Waals surface area contributed by atoms with Crippen LogP contribution < -0.4 is 5.56 Å². The van der Waals surface area contributed by atoms with E-state index in [-0.39, 0.29) is 12.1 Å². The Hall–Kier alpha value is -3.32. The molecule has 0 N–H and O–H groups in total. The summed E-state index contributed by atoms with van der Waals surface area (Å²) >= 11 is 0. The number of fused-ring (bicyclic) bond motifs is 3. The van der Waals surface area contributed by atoms with E-state index in [0.29, 0.717) is 17.6 Å². The zero-order valence-electron chi connectivity index (χ0n) is 17.2. The zero-order valence-corrected chi connectivity index (χ0v) is 17.2. The van der Waals surface area contributed by atoms with Crippen LogP contribution in [0.25, 0.3) is 10.9 Å². The van der Waals surface area contributed by atoms with Crippen LogP contribution in [0.4, 0.5) is 13.2 Å². The van der Waals surface area contributed by atoms with Gasteiger partial charge in [0.1, 0.15) is 6.26 Å². The van der Waals surface area contributed by atoms with Crippen molar-refractivity contribution in [3.63, 3.8) is 0 Å². The molecule has 1 aliphatic heterocycles. The van der Waals surface area contributed by atoms with Crippen molar-refractivity contribution in [2.45, 2.75) is 32.2 Å². The molecule has 0 saturated heterocycles. The average Bonchev–Trinajstić information content (AvgIpc) is 3.27. The highest BCUT2D eigenvalue weighted by atomic mass is 19.4. The third kappa shape index (κ3) is 3.84. The zero-order chi connectivity index (χ0) is 22.3. The van der Waals surface area contributed by atoms with Crippen molar-refractivity contribution in [1.29, 1.82) is 0 Å². The Morgan fingerprint density at radius 2 is 1.59 bits per heavy atom. The molecule has 0 fully saturated rings. The van der Waals surface area contributed by atoms with Gasteiger partial charge in [0.05, 0.1) is 23.9 Å². The molecule has 2 aromatic carbocycles. The van der Waals surface area contributed by atoms with Gasteiger partial charge in [0, 0.05) is 30.6 Å². The number of aromatic nitrogens is 1. The predicted molar refractivity (Wildman–Crippen MR) is 115 cm³/mol. The van der Waals surface area contributed by atoms with Gasteiger partial charge in [0.15, 0.2) is 0 Å². The number of hydrogen-bond donors (Lipinski definition) is 0. The molecule has 0 saturated carbocycles. The molecular weight excluding hydrogens is 417 g/mol. The van der Waals surface area contributed by atoms with Gasteiger partial charge in [0.2, 0.25) is 0 Å². The molecule has 0 spiro atoms. The van der Waals surface area contributed by atoms with Gasteiger partial charge in [-0.3, -0.25) is 9.69 Å². The molecule has 0 atom stereocenters. The average molecular weight is 438 g/mol. The molecular formula is C25H21F3N2O2. The second-order valence-electron chi connectivity index (χ2n) is 8.16. The van der Waals surface area contributed by atoms with Crippen molar-refractivity contribution < 1.29 is 17.6 Å². The number of halogens is 3. The lowest BCUT2D eigenvalue weighted by molar-refractivity contribution is -0.137. The third-order valence-electron chi connectivity index (χ3n) is 6.06. The number of furan rings is 1. The third-order valence-corrected chi connectivity index (χ3v) is 6.06. The van der Waals surface area contributed by atoms with E-state index >= 15 is 0 Å². The number of rotatable bonds is 4. The summed E-state index contributed by atoms with van der Waals surface area (Å²) in [5.74, 6) is 0. The lowest BCUT2D eigenvalue weighted by atomic mass is 9.97. The highest BCUT2D eigenvalue weighted by Crippen LogP contribution is 2.30. The van der Waals surface area contributed by atoms with Crippen LogP contribution in [0, 0.1) is 0 Å². The summed E-state index contributed by atoms with van der Waals surface area (Å²) in [5.41, 5.74) is 3.39. The molecule has 3 heterocycles. The fraction of sp³-hybridized carbons (Fsp3) is 0.240. The van der Waals surface area contributed by atoms with Crippen molar-refractivity contribution in [1.82, 2.24) is 9.47 Å². The largest absolute Gasteiger partial charge is 0.470 e. The Labute approximate surface area is 182 Å². The quantitative estimate of drug-likeness (QED) is 0.439. The van der Waals surface area contributed by atoms with Crippen LogP contribution in [0.5, 0.6) is 0 Å². The second kappa shape index (κ2) is 7.98. The molecule has 32 heavy (non-hydrogen) atoms. The molecule has 164 valence electrons. The molecule has 4 nitrogen and oxygen atoms in total. The summed E-state index contributed by atoms with van der Waals surface area (Å²) in [7, 11) is 0. The maximum Gasteiger partial charge on any atom is 0.416 e. The molecule has 0 aliphatic carbocycles. The fourth-order valence-corrected chi connectivity index (χ4v) is 4.43. The number of nitrogens with zero attached hydrogens (tertiary/aromatic N) is 2. The fourth-order valence-electron chi connectivity index (χ4n) is 4.43. The Bertz CT molecular complexity index is 1310. The van der Waals surface area contributed by atoms with E-state index in [9.17, 15) is 18.0 Å². The molecule has 0 bridgehead atoms. The van der Waals surface area contributed by atoms with Crippen LogP contribution in [0.15, 0.2) is 76.3 Å². The van der Waals surface area contributed by atoms with E-state index in [1.54, 1.807) is 10.8 Å². The van der Waals surface area contributed by atoms with E-state index in [4.69, 9.17) is 4.42 Å². The highest BCUT2D eigenvalue weighted by Gasteiger charge is 2.30. The van der Waals surface area contributed by atoms with Gasteiger partial charge < -0.3 is 8.98 Å². The molecule has 2 aromatic heterocycles. The molecule has 5 rings (SSSR count). The number of pyridine rings is 1. The lowest BCUT2D eigenvalue weighted by Gasteiger charge is -2.29. The molecule has 0 unspecified atom stereocenters. The van der Waals surface area contributed by atoms with Crippen molar-refractivity contribution in [3.8, 4) is 0 Å². The van der Waals surface area contributed by atoms with Gasteiger partial charge in [-0.1, -0.05) is 42.5 Å². The first-order valence-corrected chi connectivity index (χ1v) is 10.4. The first kappa shape index (κ1) is 20.6. The van der Waals surface area contributed by atoms with Gasteiger partial charge >= 0.3 is 6.18 Å². The van der Waals surface area contributed by atoms with Gasteiger partial charge in [-0.2, -0.15) is 13.2 Å². The molecule has 0 amide bonds. The van der Waals surface area contributed by atoms with E-state index in [1.807, 2.05) is 18.2 Å². The van der Waals surface area contributed by atoms with Crippen LogP contribution in [-0.2, 0) is 32.2 Å². The minimum Gasteiger partial charge on any atom is -0.470 e. The Morgan fingerprint density at radius 1 is 0.875 bits per heavy atom. The van der Waals surface area contributed by atoms with Gasteiger partial charge in [-0.05, 0) is 35.2 Å². The molecule has 4 aromatic rings. The Kier molecular flexibility index (Phi) is 5.13. The summed E-state index contributed by atoms with van der Waals surface area (Å²) in [5, 5.41) is 0.894. The number of hydrogen-bond acceptors (Lipinski definition) is 3. The van der Waals surface area contributed by atoms with E-state index in [2.05, 4.69) is 17.0 Å². The first-order chi connectivity index (χ1) is 15.4. The van der Waals surface area contributed by atoms with Crippen molar-refractivity contribution in [2.24, 2.45) is 0 Å². The summed E-state index contributed by atoms with van der Waals surface area (Å²) < 4.78 is 45.7. The van der Waals surface area contributed by atoms with Crippen LogP contribution in [-0.4, -0.2) is 16.0 Å². The van der Waals surface area contributed by atoms with Crippen LogP contribution in [0.3, 0.4) is 0 Å². The number of benzene rings is 2. The van der Waals surface area contributed by atoms with Crippen LogP contribution in [0.1, 0.15) is 27.8 Å². The lowest BCUT2D eigenvalue weighted by Crippen LogP contribution is -2.37. The summed E-state index contributed by atoms with van der Waals surface area (Å²) in [6.45, 7) is 2.29. The van der Waals surface area contributed by atoms with E-state index < -0.39 is 11.7 Å². The minimum atomic E-state index is -4.39. The highest BCUT2D eigenvalue weighted by molar-refractivity contribution is 5.82. The summed E-state index contributed by atoms with van der Waals surface area (Å²) in [6, 6.07) is 15.0. The number of alkyl halides is 3. The SMILES string of the molecule is O=c1c2c(c3cocc3n1Cc1ccc(C(F)(F)F)cc1)CCN(Cc1ccccc1)C2. The van der Waals surface area contributed by atoms with Crippen molar-refractivity contribution >= 4 is 10.9 Å². The topological polar surface area (TPSA) is 38.4 Å². The normalized spacial score (nSPS) is 14.6. The Morgan fingerprint density at radius 3 is 2.31 bits per heavy atom. The first-order valence-electron chi connectivity index (χ1n) is 10.4. The monoisotopic (exact) mass is 438 g/mol. The van der Waals surface area contributed by atoms with Crippen molar-refractivity contribution in [3.05, 3.63) is 105 Å². The molecule has 0 radical (unpaired) electrons. The smallest absolute Gasteiger partial charge is 0.416 e. The van der Waals surface area contributed by atoms with Crippen molar-refractivity contribution in [2.75, 3.05) is 6.54 Å². The molecule has 1 aliphatic rings. The maximum atomic E-state index is 13.5. The summed E-state index contributed by atoms with van der Waals surface area (Å²) in [6.07, 6.45) is -0.447. The van der Waals surface area contributed by atoms with E-state index in [1.165, 1.54) is 24.0 Å². The van der Waals surface area contributed by atoms with Crippen LogP contribution in [0.2, 0.25) is 0 Å². The van der Waals surface area contributed by atoms with Crippen LogP contribution >= 0.6 is 0 Å².